The monoisotopic (exact) mass is 369 g/mol. The summed E-state index contributed by atoms with van der Waals surface area (Å²) in [7, 11) is 0. The van der Waals surface area contributed by atoms with Crippen molar-refractivity contribution in [2.24, 2.45) is 0 Å². The SMILES string of the molecule is CSCc1c(C(=O)O[C@@H](C)C(=O)Nc2ccccc2)oc2ccccc12. The molecule has 0 aliphatic heterocycles. The molecule has 0 saturated heterocycles. The van der Waals surface area contributed by atoms with Crippen LogP contribution in [0.2, 0.25) is 0 Å². The van der Waals surface area contributed by atoms with Crippen LogP contribution in [-0.4, -0.2) is 24.2 Å². The largest absolute Gasteiger partial charge is 0.449 e. The Morgan fingerprint density at radius 1 is 1.12 bits per heavy atom. The molecule has 0 aliphatic carbocycles. The lowest BCUT2D eigenvalue weighted by atomic mass is 10.1. The molecule has 0 fully saturated rings. The van der Waals surface area contributed by atoms with Crippen LogP contribution in [0.1, 0.15) is 23.0 Å². The first-order valence-corrected chi connectivity index (χ1v) is 9.55. The van der Waals surface area contributed by atoms with Gasteiger partial charge in [-0.2, -0.15) is 11.8 Å². The second-order valence-electron chi connectivity index (χ2n) is 5.74. The van der Waals surface area contributed by atoms with E-state index in [-0.39, 0.29) is 5.76 Å². The highest BCUT2D eigenvalue weighted by Gasteiger charge is 2.25. The topological polar surface area (TPSA) is 68.5 Å². The van der Waals surface area contributed by atoms with Crippen LogP contribution in [0.15, 0.2) is 59.0 Å². The average molecular weight is 369 g/mol. The summed E-state index contributed by atoms with van der Waals surface area (Å²) in [5.74, 6) is -0.264. The lowest BCUT2D eigenvalue weighted by Crippen LogP contribution is -2.30. The molecule has 5 nitrogen and oxygen atoms in total. The van der Waals surface area contributed by atoms with Crippen LogP contribution in [0.5, 0.6) is 0 Å². The van der Waals surface area contributed by atoms with Gasteiger partial charge in [0.15, 0.2) is 6.10 Å². The van der Waals surface area contributed by atoms with Crippen LogP contribution in [0.3, 0.4) is 0 Å². The third kappa shape index (κ3) is 3.91. The van der Waals surface area contributed by atoms with Crippen LogP contribution in [0.25, 0.3) is 11.0 Å². The van der Waals surface area contributed by atoms with Crippen molar-refractivity contribution in [1.29, 1.82) is 0 Å². The van der Waals surface area contributed by atoms with E-state index >= 15 is 0 Å². The number of para-hydroxylation sites is 2. The molecular formula is C20H19NO4S. The van der Waals surface area contributed by atoms with Gasteiger partial charge in [-0.1, -0.05) is 36.4 Å². The maximum absolute atomic E-state index is 12.6. The van der Waals surface area contributed by atoms with E-state index in [9.17, 15) is 9.59 Å². The molecule has 0 bridgehead atoms. The second kappa shape index (κ2) is 8.10. The van der Waals surface area contributed by atoms with E-state index in [1.54, 1.807) is 23.9 Å². The molecule has 0 saturated carbocycles. The number of carbonyl (C=O) groups excluding carboxylic acids is 2. The number of thioether (sulfide) groups is 1. The van der Waals surface area contributed by atoms with Gasteiger partial charge in [0, 0.05) is 22.4 Å². The number of hydrogen-bond acceptors (Lipinski definition) is 5. The quantitative estimate of drug-likeness (QED) is 0.649. The smallest absolute Gasteiger partial charge is 0.375 e. The average Bonchev–Trinajstić information content (AvgIpc) is 3.02. The predicted molar refractivity (Wildman–Crippen MR) is 103 cm³/mol. The van der Waals surface area contributed by atoms with E-state index in [1.165, 1.54) is 6.92 Å². The molecule has 0 radical (unpaired) electrons. The summed E-state index contributed by atoms with van der Waals surface area (Å²) in [6.45, 7) is 1.53. The van der Waals surface area contributed by atoms with Gasteiger partial charge in [-0.25, -0.2) is 4.79 Å². The molecule has 1 amide bonds. The maximum atomic E-state index is 12.6. The zero-order valence-electron chi connectivity index (χ0n) is 14.5. The number of amides is 1. The fourth-order valence-corrected chi connectivity index (χ4v) is 3.16. The van der Waals surface area contributed by atoms with Gasteiger partial charge in [-0.3, -0.25) is 4.79 Å². The number of rotatable bonds is 6. The summed E-state index contributed by atoms with van der Waals surface area (Å²) in [6, 6.07) is 16.5. The molecule has 1 atom stereocenters. The Morgan fingerprint density at radius 3 is 2.54 bits per heavy atom. The Balaban J connectivity index is 1.76. The third-order valence-electron chi connectivity index (χ3n) is 3.87. The van der Waals surface area contributed by atoms with Crippen LogP contribution in [0, 0.1) is 0 Å². The Labute approximate surface area is 155 Å². The Morgan fingerprint density at radius 2 is 1.81 bits per heavy atom. The molecule has 0 aliphatic rings. The fraction of sp³-hybridized carbons (Fsp3) is 0.200. The number of furan rings is 1. The van der Waals surface area contributed by atoms with Crippen molar-refractivity contribution in [3.05, 3.63) is 65.9 Å². The predicted octanol–water partition coefficient (Wildman–Crippen LogP) is 4.48. The van der Waals surface area contributed by atoms with Crippen molar-refractivity contribution >= 4 is 40.3 Å². The molecule has 3 rings (SSSR count). The third-order valence-corrected chi connectivity index (χ3v) is 4.44. The van der Waals surface area contributed by atoms with Crippen molar-refractivity contribution in [1.82, 2.24) is 0 Å². The summed E-state index contributed by atoms with van der Waals surface area (Å²) in [5.41, 5.74) is 2.06. The molecule has 3 aromatic rings. The Kier molecular flexibility index (Phi) is 5.63. The molecule has 2 aromatic carbocycles. The molecule has 1 heterocycles. The van der Waals surface area contributed by atoms with E-state index in [4.69, 9.17) is 9.15 Å². The standard InChI is InChI=1S/C20H19NO4S/c1-13(19(22)21-14-8-4-3-5-9-14)24-20(23)18-16(12-26-2)15-10-6-7-11-17(15)25-18/h3-11,13H,12H2,1-2H3,(H,21,22)/t13-/m0/s1. The second-order valence-corrected chi connectivity index (χ2v) is 6.61. The minimum absolute atomic E-state index is 0.153. The van der Waals surface area contributed by atoms with Gasteiger partial charge in [0.1, 0.15) is 5.58 Å². The minimum Gasteiger partial charge on any atom is -0.449 e. The summed E-state index contributed by atoms with van der Waals surface area (Å²) in [4.78, 5) is 24.8. The van der Waals surface area contributed by atoms with Gasteiger partial charge in [0.05, 0.1) is 0 Å². The van der Waals surface area contributed by atoms with Crippen molar-refractivity contribution in [3.8, 4) is 0 Å². The highest BCUT2D eigenvalue weighted by Crippen LogP contribution is 2.29. The zero-order valence-corrected chi connectivity index (χ0v) is 15.3. The normalized spacial score (nSPS) is 11.9. The van der Waals surface area contributed by atoms with Gasteiger partial charge in [-0.15, -0.1) is 0 Å². The fourth-order valence-electron chi connectivity index (χ4n) is 2.58. The van der Waals surface area contributed by atoms with E-state index < -0.39 is 18.0 Å². The van der Waals surface area contributed by atoms with Crippen molar-refractivity contribution < 1.29 is 18.7 Å². The number of fused-ring (bicyclic) bond motifs is 1. The highest BCUT2D eigenvalue weighted by molar-refractivity contribution is 7.97. The summed E-state index contributed by atoms with van der Waals surface area (Å²) < 4.78 is 11.0. The molecule has 26 heavy (non-hydrogen) atoms. The van der Waals surface area contributed by atoms with E-state index in [2.05, 4.69) is 5.32 Å². The van der Waals surface area contributed by atoms with Crippen molar-refractivity contribution in [2.45, 2.75) is 18.8 Å². The number of esters is 1. The van der Waals surface area contributed by atoms with Gasteiger partial charge in [0.25, 0.3) is 5.91 Å². The number of anilines is 1. The lowest BCUT2D eigenvalue weighted by molar-refractivity contribution is -0.123. The molecule has 134 valence electrons. The van der Waals surface area contributed by atoms with Crippen LogP contribution < -0.4 is 5.32 Å². The maximum Gasteiger partial charge on any atom is 0.375 e. The molecule has 6 heteroatoms. The highest BCUT2D eigenvalue weighted by atomic mass is 32.2. The van der Waals surface area contributed by atoms with Gasteiger partial charge >= 0.3 is 5.97 Å². The minimum atomic E-state index is -0.946. The van der Waals surface area contributed by atoms with E-state index in [0.717, 1.165) is 10.9 Å². The molecule has 0 spiro atoms. The number of ether oxygens (including phenoxy) is 1. The number of benzene rings is 2. The van der Waals surface area contributed by atoms with E-state index in [0.29, 0.717) is 17.0 Å². The molecular weight excluding hydrogens is 350 g/mol. The van der Waals surface area contributed by atoms with Crippen LogP contribution in [0.4, 0.5) is 5.69 Å². The van der Waals surface area contributed by atoms with E-state index in [1.807, 2.05) is 48.7 Å². The van der Waals surface area contributed by atoms with Crippen molar-refractivity contribution in [2.75, 3.05) is 11.6 Å². The van der Waals surface area contributed by atoms with Gasteiger partial charge < -0.3 is 14.5 Å². The van der Waals surface area contributed by atoms with Crippen LogP contribution in [-0.2, 0) is 15.3 Å². The molecule has 1 N–H and O–H groups in total. The molecule has 1 aromatic heterocycles. The zero-order chi connectivity index (χ0) is 18.5. The Bertz CT molecular complexity index is 920. The Hall–Kier alpha value is -2.73. The number of hydrogen-bond donors (Lipinski definition) is 1. The first-order valence-electron chi connectivity index (χ1n) is 8.16. The van der Waals surface area contributed by atoms with Gasteiger partial charge in [-0.05, 0) is 31.4 Å². The lowest BCUT2D eigenvalue weighted by Gasteiger charge is -2.13. The number of nitrogens with one attached hydrogen (secondary N) is 1. The summed E-state index contributed by atoms with van der Waals surface area (Å²) >= 11 is 1.59. The van der Waals surface area contributed by atoms with Crippen molar-refractivity contribution in [3.63, 3.8) is 0 Å². The van der Waals surface area contributed by atoms with Crippen LogP contribution >= 0.6 is 11.8 Å². The summed E-state index contributed by atoms with van der Waals surface area (Å²) in [6.07, 6.45) is 1.00. The number of carbonyl (C=O) groups is 2. The first-order chi connectivity index (χ1) is 12.6. The molecule has 0 unspecified atom stereocenters. The summed E-state index contributed by atoms with van der Waals surface area (Å²) in [5, 5.41) is 3.60. The van der Waals surface area contributed by atoms with Gasteiger partial charge in [0.2, 0.25) is 5.76 Å². The first kappa shape index (κ1) is 18.1.